The van der Waals surface area contributed by atoms with Crippen molar-refractivity contribution in [1.29, 1.82) is 0 Å². The molecule has 0 aliphatic carbocycles. The Hall–Kier alpha value is -3.89. The molecule has 32 heavy (non-hydrogen) atoms. The Morgan fingerprint density at radius 3 is 2.56 bits per heavy atom. The Kier molecular flexibility index (Phi) is 6.76. The SMILES string of the molecule is O=C(NCCOc1cccc(C(F)(F)F)c1)c1c[nH]c(=O)n(Cc2ccccc2F)c1=O. The summed E-state index contributed by atoms with van der Waals surface area (Å²) in [4.78, 5) is 39.1. The molecule has 11 heteroatoms. The number of aromatic nitrogens is 2. The van der Waals surface area contributed by atoms with E-state index in [4.69, 9.17) is 4.74 Å². The van der Waals surface area contributed by atoms with Crippen molar-refractivity contribution in [3.05, 3.63) is 98.1 Å². The summed E-state index contributed by atoms with van der Waals surface area (Å²) in [5.74, 6) is -1.48. The molecule has 2 N–H and O–H groups in total. The van der Waals surface area contributed by atoms with Crippen LogP contribution < -0.4 is 21.3 Å². The van der Waals surface area contributed by atoms with Crippen molar-refractivity contribution in [2.24, 2.45) is 0 Å². The van der Waals surface area contributed by atoms with E-state index in [9.17, 15) is 31.9 Å². The highest BCUT2D eigenvalue weighted by Gasteiger charge is 2.30. The molecule has 0 unspecified atom stereocenters. The van der Waals surface area contributed by atoms with Gasteiger partial charge in [-0.2, -0.15) is 13.2 Å². The fourth-order valence-electron chi connectivity index (χ4n) is 2.81. The summed E-state index contributed by atoms with van der Waals surface area (Å²) in [6.45, 7) is -0.665. The molecular weight excluding hydrogens is 434 g/mol. The minimum absolute atomic E-state index is 0.0367. The maximum Gasteiger partial charge on any atom is 0.416 e. The minimum atomic E-state index is -4.51. The van der Waals surface area contributed by atoms with Crippen molar-refractivity contribution >= 4 is 5.91 Å². The topological polar surface area (TPSA) is 93.2 Å². The number of hydrogen-bond acceptors (Lipinski definition) is 4. The molecule has 0 bridgehead atoms. The first-order valence-corrected chi connectivity index (χ1v) is 9.31. The zero-order chi connectivity index (χ0) is 23.3. The van der Waals surface area contributed by atoms with Crippen molar-refractivity contribution in [3.63, 3.8) is 0 Å². The normalized spacial score (nSPS) is 11.2. The van der Waals surface area contributed by atoms with Gasteiger partial charge in [0, 0.05) is 11.8 Å². The lowest BCUT2D eigenvalue weighted by atomic mass is 10.2. The number of carbonyl (C=O) groups excluding carboxylic acids is 1. The summed E-state index contributed by atoms with van der Waals surface area (Å²) in [5, 5.41) is 2.38. The number of carbonyl (C=O) groups is 1. The number of rotatable bonds is 7. The van der Waals surface area contributed by atoms with Gasteiger partial charge >= 0.3 is 11.9 Å². The van der Waals surface area contributed by atoms with E-state index in [0.717, 1.165) is 18.3 Å². The standard InChI is InChI=1S/C21H17F4N3O4/c22-17-7-2-1-4-13(17)12-28-19(30)16(11-27-20(28)31)18(29)26-8-9-32-15-6-3-5-14(10-15)21(23,24)25/h1-7,10-11H,8-9,12H2,(H,26,29)(H,27,31). The predicted molar refractivity (Wildman–Crippen MR) is 106 cm³/mol. The third kappa shape index (κ3) is 5.42. The van der Waals surface area contributed by atoms with E-state index in [1.807, 2.05) is 0 Å². The van der Waals surface area contributed by atoms with Gasteiger partial charge in [-0.1, -0.05) is 24.3 Å². The Morgan fingerprint density at radius 2 is 1.84 bits per heavy atom. The number of nitrogens with zero attached hydrogens (tertiary/aromatic N) is 1. The van der Waals surface area contributed by atoms with Gasteiger partial charge in [-0.3, -0.25) is 14.2 Å². The maximum atomic E-state index is 13.9. The molecule has 0 saturated heterocycles. The lowest BCUT2D eigenvalue weighted by Gasteiger charge is -2.11. The average molecular weight is 451 g/mol. The summed E-state index contributed by atoms with van der Waals surface area (Å²) in [5.41, 5.74) is -2.91. The van der Waals surface area contributed by atoms with Crippen molar-refractivity contribution in [1.82, 2.24) is 14.9 Å². The van der Waals surface area contributed by atoms with Gasteiger partial charge in [0.25, 0.3) is 11.5 Å². The van der Waals surface area contributed by atoms with Gasteiger partial charge in [0.1, 0.15) is 23.7 Å². The number of nitrogens with one attached hydrogen (secondary N) is 2. The largest absolute Gasteiger partial charge is 0.492 e. The van der Waals surface area contributed by atoms with Crippen LogP contribution in [0.2, 0.25) is 0 Å². The summed E-state index contributed by atoms with van der Waals surface area (Å²) in [7, 11) is 0. The monoisotopic (exact) mass is 451 g/mol. The van der Waals surface area contributed by atoms with Gasteiger partial charge in [0.15, 0.2) is 0 Å². The van der Waals surface area contributed by atoms with Gasteiger partial charge in [-0.15, -0.1) is 0 Å². The van der Waals surface area contributed by atoms with Crippen LogP contribution in [-0.2, 0) is 12.7 Å². The molecule has 7 nitrogen and oxygen atoms in total. The maximum absolute atomic E-state index is 13.9. The number of ether oxygens (including phenoxy) is 1. The molecule has 0 radical (unpaired) electrons. The van der Waals surface area contributed by atoms with E-state index in [1.54, 1.807) is 6.07 Å². The van der Waals surface area contributed by atoms with Crippen LogP contribution >= 0.6 is 0 Å². The highest BCUT2D eigenvalue weighted by molar-refractivity contribution is 5.93. The second-order valence-corrected chi connectivity index (χ2v) is 6.62. The summed E-state index contributed by atoms with van der Waals surface area (Å²) >= 11 is 0. The number of amides is 1. The first-order chi connectivity index (χ1) is 15.2. The van der Waals surface area contributed by atoms with E-state index in [1.165, 1.54) is 30.3 Å². The lowest BCUT2D eigenvalue weighted by molar-refractivity contribution is -0.137. The smallest absolute Gasteiger partial charge is 0.416 e. The third-order valence-corrected chi connectivity index (χ3v) is 4.41. The molecule has 0 aliphatic heterocycles. The summed E-state index contributed by atoms with van der Waals surface area (Å²) in [6.07, 6.45) is -3.58. The average Bonchev–Trinajstić information content (AvgIpc) is 2.75. The van der Waals surface area contributed by atoms with Crippen LogP contribution in [0.1, 0.15) is 21.5 Å². The van der Waals surface area contributed by atoms with Gasteiger partial charge in [0.05, 0.1) is 18.7 Å². The second-order valence-electron chi connectivity index (χ2n) is 6.62. The molecule has 1 amide bonds. The first kappa shape index (κ1) is 22.8. The zero-order valence-corrected chi connectivity index (χ0v) is 16.4. The first-order valence-electron chi connectivity index (χ1n) is 9.31. The molecule has 1 aromatic heterocycles. The van der Waals surface area contributed by atoms with Gasteiger partial charge in [0.2, 0.25) is 0 Å². The molecule has 1 heterocycles. The van der Waals surface area contributed by atoms with Crippen molar-refractivity contribution in [2.45, 2.75) is 12.7 Å². The molecule has 168 valence electrons. The Balaban J connectivity index is 1.64. The molecule has 3 rings (SSSR count). The van der Waals surface area contributed by atoms with E-state index in [2.05, 4.69) is 10.3 Å². The fourth-order valence-corrected chi connectivity index (χ4v) is 2.81. The summed E-state index contributed by atoms with van der Waals surface area (Å²) < 4.78 is 57.9. The molecule has 2 aromatic carbocycles. The van der Waals surface area contributed by atoms with E-state index >= 15 is 0 Å². The Bertz CT molecular complexity index is 1230. The van der Waals surface area contributed by atoms with Gasteiger partial charge in [-0.25, -0.2) is 9.18 Å². The zero-order valence-electron chi connectivity index (χ0n) is 16.4. The van der Waals surface area contributed by atoms with Gasteiger partial charge < -0.3 is 15.0 Å². The van der Waals surface area contributed by atoms with Crippen LogP contribution in [0.15, 0.2) is 64.3 Å². The predicted octanol–water partition coefficient (Wildman–Crippen LogP) is 2.55. The van der Waals surface area contributed by atoms with E-state index in [0.29, 0.717) is 4.57 Å². The Labute approximate surface area is 178 Å². The van der Waals surface area contributed by atoms with Crippen molar-refractivity contribution in [3.8, 4) is 5.75 Å². The Morgan fingerprint density at radius 1 is 1.09 bits per heavy atom. The molecular formula is C21H17F4N3O4. The van der Waals surface area contributed by atoms with E-state index < -0.39 is 34.7 Å². The molecule has 0 spiro atoms. The number of alkyl halides is 3. The highest BCUT2D eigenvalue weighted by Crippen LogP contribution is 2.31. The van der Waals surface area contributed by atoms with Crippen LogP contribution in [0.25, 0.3) is 0 Å². The second kappa shape index (κ2) is 9.50. The van der Waals surface area contributed by atoms with Crippen LogP contribution in [0, 0.1) is 5.82 Å². The van der Waals surface area contributed by atoms with E-state index in [-0.39, 0.29) is 36.6 Å². The highest BCUT2D eigenvalue weighted by atomic mass is 19.4. The fraction of sp³-hybridized carbons (Fsp3) is 0.190. The molecule has 0 saturated carbocycles. The summed E-state index contributed by atoms with van der Waals surface area (Å²) in [6, 6.07) is 9.82. The molecule has 0 fully saturated rings. The number of benzene rings is 2. The van der Waals surface area contributed by atoms with Crippen molar-refractivity contribution < 1.29 is 27.1 Å². The number of halogens is 4. The lowest BCUT2D eigenvalue weighted by Crippen LogP contribution is -2.41. The molecule has 0 atom stereocenters. The van der Waals surface area contributed by atoms with Gasteiger partial charge in [-0.05, 0) is 24.3 Å². The number of H-pyrrole nitrogens is 1. The van der Waals surface area contributed by atoms with Crippen LogP contribution in [0.3, 0.4) is 0 Å². The van der Waals surface area contributed by atoms with Crippen molar-refractivity contribution in [2.75, 3.05) is 13.2 Å². The minimum Gasteiger partial charge on any atom is -0.492 e. The van der Waals surface area contributed by atoms with Crippen LogP contribution in [0.4, 0.5) is 17.6 Å². The molecule has 0 aliphatic rings. The number of aromatic amines is 1. The quantitative estimate of drug-likeness (QED) is 0.427. The van der Waals surface area contributed by atoms with Crippen LogP contribution in [-0.4, -0.2) is 28.6 Å². The van der Waals surface area contributed by atoms with Crippen LogP contribution in [0.5, 0.6) is 5.75 Å². The molecule has 3 aromatic rings. The third-order valence-electron chi connectivity index (χ3n) is 4.41. The number of hydrogen-bond donors (Lipinski definition) is 2.